The summed E-state index contributed by atoms with van der Waals surface area (Å²) in [6.45, 7) is -0.203. The highest BCUT2D eigenvalue weighted by Gasteiger charge is 2.12. The van der Waals surface area contributed by atoms with E-state index in [0.29, 0.717) is 26.5 Å². The number of fused-ring (bicyclic) bond motifs is 1. The van der Waals surface area contributed by atoms with Crippen molar-refractivity contribution in [2.24, 2.45) is 0 Å². The average Bonchev–Trinajstić information content (AvgIpc) is 2.64. The fourth-order valence-electron chi connectivity index (χ4n) is 2.45. The molecule has 0 aliphatic rings. The summed E-state index contributed by atoms with van der Waals surface area (Å²) >= 11 is 11.7. The van der Waals surface area contributed by atoms with Crippen LogP contribution in [0.3, 0.4) is 0 Å². The standard InChI is InChI=1S/C19H14Cl2N2O4/c20-12-3-1-11(2-4-12)16(24)7-8-18(25)27-10-17-22-15-9-13(21)5-6-14(15)19(26)23-17/h1-6,9H,7-8,10H2,(H,22,23,26). The molecule has 1 N–H and O–H groups in total. The predicted molar refractivity (Wildman–Crippen MR) is 102 cm³/mol. The van der Waals surface area contributed by atoms with Gasteiger partial charge in [0, 0.05) is 22.0 Å². The van der Waals surface area contributed by atoms with Gasteiger partial charge in [-0.3, -0.25) is 14.4 Å². The van der Waals surface area contributed by atoms with Crippen LogP contribution in [-0.2, 0) is 16.1 Å². The minimum Gasteiger partial charge on any atom is -0.458 e. The molecule has 0 fully saturated rings. The van der Waals surface area contributed by atoms with Crippen LogP contribution in [0, 0.1) is 0 Å². The average molecular weight is 405 g/mol. The number of hydrogen-bond acceptors (Lipinski definition) is 5. The number of nitrogens with one attached hydrogen (secondary N) is 1. The summed E-state index contributed by atoms with van der Waals surface area (Å²) in [5, 5.41) is 1.37. The fraction of sp³-hybridized carbons (Fsp3) is 0.158. The maximum absolute atomic E-state index is 12.0. The van der Waals surface area contributed by atoms with Gasteiger partial charge >= 0.3 is 5.97 Å². The number of Topliss-reactive ketones (excluding diaryl/α,β-unsaturated/α-hetero) is 1. The van der Waals surface area contributed by atoms with Crippen LogP contribution in [0.5, 0.6) is 0 Å². The molecule has 27 heavy (non-hydrogen) atoms. The third-order valence-electron chi connectivity index (χ3n) is 3.81. The number of ketones is 1. The third-order valence-corrected chi connectivity index (χ3v) is 4.30. The van der Waals surface area contributed by atoms with E-state index in [1.165, 1.54) is 0 Å². The Morgan fingerprint density at radius 2 is 1.70 bits per heavy atom. The first-order valence-corrected chi connectivity index (χ1v) is 8.81. The van der Waals surface area contributed by atoms with Crippen LogP contribution in [0.2, 0.25) is 10.0 Å². The molecular weight excluding hydrogens is 391 g/mol. The van der Waals surface area contributed by atoms with Gasteiger partial charge < -0.3 is 9.72 Å². The molecule has 138 valence electrons. The Labute approximate surface area is 164 Å². The van der Waals surface area contributed by atoms with Gasteiger partial charge in [-0.2, -0.15) is 0 Å². The second-order valence-corrected chi connectivity index (χ2v) is 6.64. The summed E-state index contributed by atoms with van der Waals surface area (Å²) in [5.41, 5.74) is 0.542. The van der Waals surface area contributed by atoms with Crippen molar-refractivity contribution < 1.29 is 14.3 Å². The van der Waals surface area contributed by atoms with Crippen molar-refractivity contribution in [3.05, 3.63) is 74.3 Å². The van der Waals surface area contributed by atoms with E-state index >= 15 is 0 Å². The lowest BCUT2D eigenvalue weighted by Gasteiger charge is -2.06. The van der Waals surface area contributed by atoms with E-state index in [4.69, 9.17) is 27.9 Å². The van der Waals surface area contributed by atoms with Crippen molar-refractivity contribution in [3.63, 3.8) is 0 Å². The number of rotatable bonds is 6. The molecule has 1 aromatic heterocycles. The van der Waals surface area contributed by atoms with Crippen LogP contribution in [-0.4, -0.2) is 21.7 Å². The number of carbonyl (C=O) groups excluding carboxylic acids is 2. The molecule has 8 heteroatoms. The molecule has 3 rings (SSSR count). The van der Waals surface area contributed by atoms with Gasteiger partial charge in [0.05, 0.1) is 17.3 Å². The van der Waals surface area contributed by atoms with Crippen LogP contribution < -0.4 is 5.56 Å². The lowest BCUT2D eigenvalue weighted by molar-refractivity contribution is -0.145. The highest BCUT2D eigenvalue weighted by Crippen LogP contribution is 2.15. The van der Waals surface area contributed by atoms with Gasteiger partial charge in [-0.05, 0) is 42.5 Å². The van der Waals surface area contributed by atoms with Crippen molar-refractivity contribution in [1.82, 2.24) is 9.97 Å². The van der Waals surface area contributed by atoms with Crippen LogP contribution in [0.15, 0.2) is 47.3 Å². The molecule has 6 nitrogen and oxygen atoms in total. The Morgan fingerprint density at radius 3 is 2.44 bits per heavy atom. The van der Waals surface area contributed by atoms with E-state index in [1.54, 1.807) is 42.5 Å². The molecule has 0 bridgehead atoms. The molecule has 0 atom stereocenters. The van der Waals surface area contributed by atoms with Crippen molar-refractivity contribution >= 4 is 45.9 Å². The second kappa shape index (κ2) is 8.33. The van der Waals surface area contributed by atoms with Crippen molar-refractivity contribution in [1.29, 1.82) is 0 Å². The summed E-state index contributed by atoms with van der Waals surface area (Å²) in [7, 11) is 0. The molecule has 0 saturated carbocycles. The van der Waals surface area contributed by atoms with Crippen LogP contribution >= 0.6 is 23.2 Å². The monoisotopic (exact) mass is 404 g/mol. The van der Waals surface area contributed by atoms with E-state index in [2.05, 4.69) is 9.97 Å². The minimum atomic E-state index is -0.564. The summed E-state index contributed by atoms with van der Waals surface area (Å²) < 4.78 is 5.09. The molecule has 0 amide bonds. The SMILES string of the molecule is O=C(CCC(=O)c1ccc(Cl)cc1)OCc1nc2cc(Cl)ccc2c(=O)[nH]1. The van der Waals surface area contributed by atoms with Gasteiger partial charge in [0.2, 0.25) is 0 Å². The Balaban J connectivity index is 1.57. The van der Waals surface area contributed by atoms with Gasteiger partial charge in [-0.1, -0.05) is 23.2 Å². The molecule has 2 aromatic carbocycles. The third kappa shape index (κ3) is 4.93. The number of halogens is 2. The fourth-order valence-corrected chi connectivity index (χ4v) is 2.74. The Hall–Kier alpha value is -2.70. The number of aromatic amines is 1. The topological polar surface area (TPSA) is 89.1 Å². The number of hydrogen-bond donors (Lipinski definition) is 1. The zero-order chi connectivity index (χ0) is 19.4. The van der Waals surface area contributed by atoms with E-state index < -0.39 is 5.97 Å². The summed E-state index contributed by atoms with van der Waals surface area (Å²) in [5.74, 6) is -0.547. The van der Waals surface area contributed by atoms with Crippen LogP contribution in [0.25, 0.3) is 10.9 Å². The first-order valence-electron chi connectivity index (χ1n) is 8.05. The van der Waals surface area contributed by atoms with Gasteiger partial charge in [0.1, 0.15) is 12.4 Å². The van der Waals surface area contributed by atoms with Crippen molar-refractivity contribution in [2.75, 3.05) is 0 Å². The van der Waals surface area contributed by atoms with Gasteiger partial charge in [-0.15, -0.1) is 0 Å². The number of esters is 1. The quantitative estimate of drug-likeness (QED) is 0.496. The minimum absolute atomic E-state index is 0.0116. The first kappa shape index (κ1) is 19.1. The summed E-state index contributed by atoms with van der Waals surface area (Å²) in [6, 6.07) is 11.2. The molecule has 3 aromatic rings. The van der Waals surface area contributed by atoms with Crippen LogP contribution in [0.1, 0.15) is 29.0 Å². The largest absolute Gasteiger partial charge is 0.458 e. The van der Waals surface area contributed by atoms with Gasteiger partial charge in [0.25, 0.3) is 5.56 Å². The van der Waals surface area contributed by atoms with Crippen molar-refractivity contribution in [3.8, 4) is 0 Å². The van der Waals surface area contributed by atoms with E-state index in [1.807, 2.05) is 0 Å². The number of H-pyrrole nitrogens is 1. The molecule has 0 aliphatic carbocycles. The predicted octanol–water partition coefficient (Wildman–Crippen LogP) is 3.94. The molecule has 0 aliphatic heterocycles. The highest BCUT2D eigenvalue weighted by molar-refractivity contribution is 6.31. The molecule has 1 heterocycles. The van der Waals surface area contributed by atoms with Gasteiger partial charge in [0.15, 0.2) is 5.78 Å². The second-order valence-electron chi connectivity index (χ2n) is 5.76. The first-order chi connectivity index (χ1) is 12.9. The zero-order valence-corrected chi connectivity index (χ0v) is 15.5. The molecule has 0 radical (unpaired) electrons. The molecule has 0 saturated heterocycles. The highest BCUT2D eigenvalue weighted by atomic mass is 35.5. The molecule has 0 spiro atoms. The van der Waals surface area contributed by atoms with E-state index in [-0.39, 0.29) is 36.6 Å². The van der Waals surface area contributed by atoms with Crippen molar-refractivity contribution in [2.45, 2.75) is 19.4 Å². The number of nitrogens with zero attached hydrogens (tertiary/aromatic N) is 1. The Morgan fingerprint density at radius 1 is 1.00 bits per heavy atom. The Kier molecular flexibility index (Phi) is 5.88. The molecular formula is C19H14Cl2N2O4. The smallest absolute Gasteiger partial charge is 0.306 e. The number of ether oxygens (including phenoxy) is 1. The molecule has 0 unspecified atom stereocenters. The van der Waals surface area contributed by atoms with E-state index in [9.17, 15) is 14.4 Å². The zero-order valence-electron chi connectivity index (χ0n) is 14.0. The number of benzene rings is 2. The maximum atomic E-state index is 12.0. The normalized spacial score (nSPS) is 10.7. The summed E-state index contributed by atoms with van der Waals surface area (Å²) in [6.07, 6.45) is -0.0666. The lowest BCUT2D eigenvalue weighted by Crippen LogP contribution is -2.15. The van der Waals surface area contributed by atoms with Crippen LogP contribution in [0.4, 0.5) is 0 Å². The maximum Gasteiger partial charge on any atom is 0.306 e. The summed E-state index contributed by atoms with van der Waals surface area (Å²) in [4.78, 5) is 42.7. The number of carbonyl (C=O) groups is 2. The lowest BCUT2D eigenvalue weighted by atomic mass is 10.1. The van der Waals surface area contributed by atoms with Gasteiger partial charge in [-0.25, -0.2) is 4.98 Å². The Bertz CT molecular complexity index is 1060. The number of aromatic nitrogens is 2. The van der Waals surface area contributed by atoms with E-state index in [0.717, 1.165) is 0 Å².